The molecular formula is C16H14FNO. The fraction of sp³-hybridized carbons (Fsp3) is 0.188. The maximum absolute atomic E-state index is 13.0. The molecule has 0 aliphatic heterocycles. The Morgan fingerprint density at radius 1 is 1.00 bits per heavy atom. The van der Waals surface area contributed by atoms with E-state index in [-0.39, 0.29) is 18.3 Å². The third-order valence-corrected chi connectivity index (χ3v) is 3.13. The fourth-order valence-corrected chi connectivity index (χ4v) is 2.14. The van der Waals surface area contributed by atoms with Crippen LogP contribution in [0.1, 0.15) is 29.0 Å². The molecule has 0 fully saturated rings. The van der Waals surface area contributed by atoms with Gasteiger partial charge in [-0.2, -0.15) is 5.26 Å². The summed E-state index contributed by atoms with van der Waals surface area (Å²) in [5, 5.41) is 18.0. The van der Waals surface area contributed by atoms with Crippen molar-refractivity contribution in [1.29, 1.82) is 5.26 Å². The van der Waals surface area contributed by atoms with Crippen molar-refractivity contribution in [3.8, 4) is 6.07 Å². The third-order valence-electron chi connectivity index (χ3n) is 3.13. The molecule has 0 amide bonds. The van der Waals surface area contributed by atoms with Crippen molar-refractivity contribution in [1.82, 2.24) is 0 Å². The molecule has 0 aliphatic carbocycles. The van der Waals surface area contributed by atoms with E-state index in [9.17, 15) is 9.50 Å². The number of rotatable bonds is 4. The van der Waals surface area contributed by atoms with Crippen molar-refractivity contribution in [2.24, 2.45) is 0 Å². The van der Waals surface area contributed by atoms with Crippen LogP contribution < -0.4 is 0 Å². The van der Waals surface area contributed by atoms with Crippen LogP contribution in [0.4, 0.5) is 4.39 Å². The molecule has 3 heteroatoms. The zero-order valence-corrected chi connectivity index (χ0v) is 10.4. The van der Waals surface area contributed by atoms with E-state index in [0.29, 0.717) is 12.0 Å². The summed E-state index contributed by atoms with van der Waals surface area (Å²) in [6.45, 7) is 0.0576. The van der Waals surface area contributed by atoms with Crippen LogP contribution >= 0.6 is 0 Å². The maximum Gasteiger partial charge on any atom is 0.123 e. The summed E-state index contributed by atoms with van der Waals surface area (Å²) in [5.74, 6) is -0.260. The van der Waals surface area contributed by atoms with Crippen LogP contribution in [0.5, 0.6) is 0 Å². The lowest BCUT2D eigenvalue weighted by Crippen LogP contribution is -2.04. The minimum absolute atomic E-state index is 0.0124. The van der Waals surface area contributed by atoms with E-state index in [2.05, 4.69) is 6.07 Å². The van der Waals surface area contributed by atoms with Gasteiger partial charge in [0, 0.05) is 12.5 Å². The van der Waals surface area contributed by atoms with E-state index in [4.69, 9.17) is 5.26 Å². The molecule has 0 aliphatic rings. The molecule has 0 bridgehead atoms. The summed E-state index contributed by atoms with van der Waals surface area (Å²) in [4.78, 5) is 0. The van der Waals surface area contributed by atoms with E-state index in [1.807, 2.05) is 12.1 Å². The predicted molar refractivity (Wildman–Crippen MR) is 71.1 cm³/mol. The number of nitrogens with zero attached hydrogens (tertiary/aromatic N) is 1. The molecule has 0 aromatic heterocycles. The predicted octanol–water partition coefficient (Wildman–Crippen LogP) is 3.21. The third kappa shape index (κ3) is 3.18. The molecule has 0 heterocycles. The molecule has 2 aromatic carbocycles. The Bertz CT molecular complexity index is 569. The first kappa shape index (κ1) is 13.3. The smallest absolute Gasteiger partial charge is 0.123 e. The molecule has 0 saturated heterocycles. The van der Waals surface area contributed by atoms with Crippen molar-refractivity contribution in [2.75, 3.05) is 6.61 Å². The van der Waals surface area contributed by atoms with Crippen LogP contribution in [-0.2, 0) is 0 Å². The van der Waals surface area contributed by atoms with Crippen LogP contribution in [0.15, 0.2) is 48.5 Å². The molecule has 0 saturated carbocycles. The van der Waals surface area contributed by atoms with Gasteiger partial charge in [0.05, 0.1) is 11.6 Å². The Morgan fingerprint density at radius 2 is 1.53 bits per heavy atom. The number of halogens is 1. The molecule has 2 aromatic rings. The minimum atomic E-state index is -0.272. The second-order valence-corrected chi connectivity index (χ2v) is 4.35. The van der Waals surface area contributed by atoms with Crippen molar-refractivity contribution in [3.05, 3.63) is 71.0 Å². The van der Waals surface area contributed by atoms with Gasteiger partial charge < -0.3 is 5.11 Å². The molecule has 1 unspecified atom stereocenters. The minimum Gasteiger partial charge on any atom is -0.396 e. The molecule has 96 valence electrons. The first-order chi connectivity index (χ1) is 9.24. The molecule has 0 spiro atoms. The van der Waals surface area contributed by atoms with Gasteiger partial charge >= 0.3 is 0 Å². The summed E-state index contributed by atoms with van der Waals surface area (Å²) in [6.07, 6.45) is 0.567. The van der Waals surface area contributed by atoms with E-state index in [0.717, 1.165) is 11.1 Å². The highest BCUT2D eigenvalue weighted by Gasteiger charge is 2.13. The van der Waals surface area contributed by atoms with Crippen molar-refractivity contribution >= 4 is 0 Å². The quantitative estimate of drug-likeness (QED) is 0.911. The lowest BCUT2D eigenvalue weighted by atomic mass is 9.88. The van der Waals surface area contributed by atoms with Crippen LogP contribution in [0.3, 0.4) is 0 Å². The topological polar surface area (TPSA) is 44.0 Å². The van der Waals surface area contributed by atoms with Gasteiger partial charge in [-0.3, -0.25) is 0 Å². The van der Waals surface area contributed by atoms with Crippen molar-refractivity contribution < 1.29 is 9.50 Å². The van der Waals surface area contributed by atoms with Crippen molar-refractivity contribution in [3.63, 3.8) is 0 Å². The molecular weight excluding hydrogens is 241 g/mol. The zero-order chi connectivity index (χ0) is 13.7. The molecule has 2 nitrogen and oxygen atoms in total. The Labute approximate surface area is 111 Å². The highest BCUT2D eigenvalue weighted by Crippen LogP contribution is 2.28. The maximum atomic E-state index is 13.0. The molecule has 19 heavy (non-hydrogen) atoms. The average molecular weight is 255 g/mol. The van der Waals surface area contributed by atoms with Gasteiger partial charge in [-0.05, 0) is 41.8 Å². The van der Waals surface area contributed by atoms with Gasteiger partial charge in [-0.1, -0.05) is 24.3 Å². The Kier molecular flexibility index (Phi) is 4.27. The summed E-state index contributed by atoms with van der Waals surface area (Å²) in [5.41, 5.74) is 2.57. The normalized spacial score (nSPS) is 11.8. The second kappa shape index (κ2) is 6.12. The largest absolute Gasteiger partial charge is 0.396 e. The van der Waals surface area contributed by atoms with E-state index < -0.39 is 0 Å². The molecule has 1 atom stereocenters. The standard InChI is InChI=1S/C16H14FNO/c17-15-7-5-14(6-8-15)16(9-10-19)13-3-1-12(11-18)2-4-13/h1-8,16,19H,9-10H2. The fourth-order valence-electron chi connectivity index (χ4n) is 2.14. The number of benzene rings is 2. The van der Waals surface area contributed by atoms with Crippen LogP contribution in [0, 0.1) is 17.1 Å². The number of nitriles is 1. The second-order valence-electron chi connectivity index (χ2n) is 4.35. The monoisotopic (exact) mass is 255 g/mol. The first-order valence-electron chi connectivity index (χ1n) is 6.11. The first-order valence-corrected chi connectivity index (χ1v) is 6.11. The number of aliphatic hydroxyl groups is 1. The summed E-state index contributed by atoms with van der Waals surface area (Å²) >= 11 is 0. The summed E-state index contributed by atoms with van der Waals surface area (Å²) in [7, 11) is 0. The Hall–Kier alpha value is -2.18. The van der Waals surface area contributed by atoms with E-state index in [1.165, 1.54) is 12.1 Å². The Morgan fingerprint density at radius 3 is 2.00 bits per heavy atom. The highest BCUT2D eigenvalue weighted by atomic mass is 19.1. The lowest BCUT2D eigenvalue weighted by molar-refractivity contribution is 0.281. The van der Waals surface area contributed by atoms with Gasteiger partial charge in [0.2, 0.25) is 0 Å². The average Bonchev–Trinajstić information content (AvgIpc) is 2.46. The molecule has 1 N–H and O–H groups in total. The van der Waals surface area contributed by atoms with Gasteiger partial charge in [0.25, 0.3) is 0 Å². The summed E-state index contributed by atoms with van der Waals surface area (Å²) in [6, 6.07) is 15.6. The van der Waals surface area contributed by atoms with Crippen LogP contribution in [-0.4, -0.2) is 11.7 Å². The summed E-state index contributed by atoms with van der Waals surface area (Å²) < 4.78 is 13.0. The number of hydrogen-bond donors (Lipinski definition) is 1. The van der Waals surface area contributed by atoms with Crippen LogP contribution in [0.25, 0.3) is 0 Å². The SMILES string of the molecule is N#Cc1ccc(C(CCO)c2ccc(F)cc2)cc1. The highest BCUT2D eigenvalue weighted by molar-refractivity contribution is 5.37. The zero-order valence-electron chi connectivity index (χ0n) is 10.4. The van der Waals surface area contributed by atoms with Gasteiger partial charge in [-0.25, -0.2) is 4.39 Å². The van der Waals surface area contributed by atoms with Crippen molar-refractivity contribution in [2.45, 2.75) is 12.3 Å². The molecule has 0 radical (unpaired) electrons. The Balaban J connectivity index is 2.33. The van der Waals surface area contributed by atoms with Gasteiger partial charge in [-0.15, -0.1) is 0 Å². The molecule has 2 rings (SSSR count). The van der Waals surface area contributed by atoms with E-state index >= 15 is 0 Å². The van der Waals surface area contributed by atoms with Gasteiger partial charge in [0.15, 0.2) is 0 Å². The van der Waals surface area contributed by atoms with Crippen LogP contribution in [0.2, 0.25) is 0 Å². The number of aliphatic hydroxyl groups excluding tert-OH is 1. The van der Waals surface area contributed by atoms with E-state index in [1.54, 1.807) is 24.3 Å². The lowest BCUT2D eigenvalue weighted by Gasteiger charge is -2.17. The number of hydrogen-bond acceptors (Lipinski definition) is 2. The van der Waals surface area contributed by atoms with Gasteiger partial charge in [0.1, 0.15) is 5.82 Å².